The summed E-state index contributed by atoms with van der Waals surface area (Å²) in [5.41, 5.74) is 3.95. The monoisotopic (exact) mass is 597 g/mol. The number of hydrogen-bond acceptors (Lipinski definition) is 6. The molecule has 4 atom stereocenters. The second-order valence-electron chi connectivity index (χ2n) is 12.7. The minimum absolute atomic E-state index is 0.0146. The number of hydrogen-bond donors (Lipinski definition) is 5. The summed E-state index contributed by atoms with van der Waals surface area (Å²) in [6, 6.07) is 13.3. The summed E-state index contributed by atoms with van der Waals surface area (Å²) in [7, 11) is 3.21. The molecule has 0 aromatic heterocycles. The van der Waals surface area contributed by atoms with E-state index in [-0.39, 0.29) is 48.4 Å². The van der Waals surface area contributed by atoms with E-state index in [1.54, 1.807) is 19.0 Å². The zero-order chi connectivity index (χ0) is 31.8. The van der Waals surface area contributed by atoms with Crippen LogP contribution in [0.25, 0.3) is 0 Å². The number of nitrogens with one attached hydrogen (secondary N) is 5. The Hall–Kier alpha value is -4.23. The molecule has 2 aliphatic carbocycles. The molecule has 2 aromatic rings. The van der Waals surface area contributed by atoms with E-state index in [0.717, 1.165) is 35.1 Å². The predicted molar refractivity (Wildman–Crippen MR) is 169 cm³/mol. The molecule has 232 valence electrons. The topological polar surface area (TPSA) is 150 Å². The van der Waals surface area contributed by atoms with Crippen LogP contribution in [-0.2, 0) is 23.1 Å². The van der Waals surface area contributed by atoms with Gasteiger partial charge >= 0.3 is 0 Å². The second kappa shape index (κ2) is 12.4. The number of carbonyl (C=O) groups excluding carboxylic acids is 3. The highest BCUT2D eigenvalue weighted by Crippen LogP contribution is 2.48. The SMILES string of the molecule is CNC(=O)c1ccc2c(c1)CCc1cc(C(=O)NC)ccc1C2(C[C@H](C)NCC(=O)N1C(C#N)C[C@@H]2C[C@@H]21)C(=N)NC(C)C. The first-order valence-electron chi connectivity index (χ1n) is 15.5. The number of benzene rings is 2. The molecule has 0 radical (unpaired) electrons. The Balaban J connectivity index is 1.57. The number of nitrogens with zero attached hydrogens (tertiary/aromatic N) is 2. The van der Waals surface area contributed by atoms with Crippen molar-refractivity contribution in [3.8, 4) is 6.07 Å². The van der Waals surface area contributed by atoms with Gasteiger partial charge in [0.05, 0.1) is 18.0 Å². The number of piperidine rings is 1. The molecule has 2 fully saturated rings. The molecule has 1 unspecified atom stereocenters. The van der Waals surface area contributed by atoms with Gasteiger partial charge in [-0.25, -0.2) is 0 Å². The van der Waals surface area contributed by atoms with Gasteiger partial charge in [-0.3, -0.25) is 19.8 Å². The van der Waals surface area contributed by atoms with E-state index in [0.29, 0.717) is 42.1 Å². The fourth-order valence-electron chi connectivity index (χ4n) is 7.24. The van der Waals surface area contributed by atoms with Gasteiger partial charge in [-0.15, -0.1) is 0 Å². The molecule has 3 amide bonds. The van der Waals surface area contributed by atoms with Crippen molar-refractivity contribution in [1.29, 1.82) is 10.7 Å². The van der Waals surface area contributed by atoms with E-state index in [1.165, 1.54) is 0 Å². The molecule has 1 aliphatic heterocycles. The van der Waals surface area contributed by atoms with Crippen LogP contribution in [-0.4, -0.2) is 73.3 Å². The third kappa shape index (κ3) is 5.69. The lowest BCUT2D eigenvalue weighted by atomic mass is 9.67. The minimum Gasteiger partial charge on any atom is -0.371 e. The van der Waals surface area contributed by atoms with Gasteiger partial charge in [0, 0.05) is 43.3 Å². The quantitative estimate of drug-likeness (QED) is 0.222. The van der Waals surface area contributed by atoms with Crippen molar-refractivity contribution >= 4 is 23.6 Å². The van der Waals surface area contributed by atoms with Crippen LogP contribution in [0, 0.1) is 22.7 Å². The molecule has 3 aliphatic rings. The minimum atomic E-state index is -0.951. The Morgan fingerprint density at radius 2 is 1.55 bits per heavy atom. The average molecular weight is 598 g/mol. The summed E-state index contributed by atoms with van der Waals surface area (Å²) < 4.78 is 0. The first-order valence-corrected chi connectivity index (χ1v) is 15.5. The molecule has 1 heterocycles. The number of amides is 3. The Bertz CT molecular complexity index is 1460. The molecule has 10 heteroatoms. The molecule has 2 aromatic carbocycles. The Kier molecular flexibility index (Phi) is 8.80. The van der Waals surface area contributed by atoms with E-state index >= 15 is 0 Å². The van der Waals surface area contributed by atoms with E-state index in [2.05, 4.69) is 27.3 Å². The van der Waals surface area contributed by atoms with Crippen molar-refractivity contribution in [2.45, 2.75) is 82.5 Å². The summed E-state index contributed by atoms with van der Waals surface area (Å²) in [4.78, 5) is 40.3. The summed E-state index contributed by atoms with van der Waals surface area (Å²) >= 11 is 0. The zero-order valence-electron chi connectivity index (χ0n) is 26.2. The molecule has 1 saturated heterocycles. The smallest absolute Gasteiger partial charge is 0.251 e. The van der Waals surface area contributed by atoms with E-state index in [1.807, 2.05) is 57.2 Å². The number of carbonyl (C=O) groups is 3. The third-order valence-corrected chi connectivity index (χ3v) is 9.39. The van der Waals surface area contributed by atoms with Crippen LogP contribution >= 0.6 is 0 Å². The van der Waals surface area contributed by atoms with Crippen LogP contribution in [0.5, 0.6) is 0 Å². The number of amidine groups is 1. The van der Waals surface area contributed by atoms with Crippen molar-refractivity contribution in [2.75, 3.05) is 20.6 Å². The Labute approximate surface area is 259 Å². The maximum Gasteiger partial charge on any atom is 0.251 e. The van der Waals surface area contributed by atoms with Crippen LogP contribution in [0.1, 0.15) is 83.0 Å². The molecule has 44 heavy (non-hydrogen) atoms. The summed E-state index contributed by atoms with van der Waals surface area (Å²) in [6.07, 6.45) is 3.45. The lowest BCUT2D eigenvalue weighted by Gasteiger charge is -2.40. The standard InChI is InChI=1S/C34H43N7O3/c1-19(2)40-33(36)34(16-20(3)39-18-30(42)41-26(17-35)14-25-15-29(25)41)27-10-8-23(31(43)37-4)12-21(27)6-7-22-13-24(32(44)38-5)9-11-28(22)34/h8-13,19-20,25-26,29,39H,6-7,14-16,18H2,1-5H3,(H2,36,40)(H,37,43)(H,38,44)/t20-,25+,26?,29-/m0/s1. The number of aryl methyl sites for hydroxylation is 2. The van der Waals surface area contributed by atoms with Gasteiger partial charge in [-0.2, -0.15) is 5.26 Å². The maximum absolute atomic E-state index is 13.3. The van der Waals surface area contributed by atoms with Gasteiger partial charge in [0.1, 0.15) is 11.9 Å². The van der Waals surface area contributed by atoms with Crippen LogP contribution in [0.4, 0.5) is 0 Å². The zero-order valence-corrected chi connectivity index (χ0v) is 26.2. The third-order valence-electron chi connectivity index (χ3n) is 9.39. The highest BCUT2D eigenvalue weighted by atomic mass is 16.2. The van der Waals surface area contributed by atoms with E-state index < -0.39 is 5.41 Å². The number of likely N-dealkylation sites (tertiary alicyclic amines) is 1. The van der Waals surface area contributed by atoms with Crippen LogP contribution < -0.4 is 21.3 Å². The summed E-state index contributed by atoms with van der Waals surface area (Å²) in [5, 5.41) is 31.4. The Morgan fingerprint density at radius 3 is 2.05 bits per heavy atom. The lowest BCUT2D eigenvalue weighted by molar-refractivity contribution is -0.131. The Morgan fingerprint density at radius 1 is 0.977 bits per heavy atom. The van der Waals surface area contributed by atoms with Gasteiger partial charge < -0.3 is 26.2 Å². The molecule has 5 N–H and O–H groups in total. The van der Waals surface area contributed by atoms with E-state index in [4.69, 9.17) is 0 Å². The van der Waals surface area contributed by atoms with Crippen molar-refractivity contribution < 1.29 is 14.4 Å². The van der Waals surface area contributed by atoms with Crippen LogP contribution in [0.2, 0.25) is 0 Å². The van der Waals surface area contributed by atoms with Crippen molar-refractivity contribution in [3.05, 3.63) is 69.8 Å². The van der Waals surface area contributed by atoms with Crippen molar-refractivity contribution in [3.63, 3.8) is 0 Å². The fraction of sp³-hybridized carbons (Fsp3) is 0.500. The maximum atomic E-state index is 13.3. The first-order chi connectivity index (χ1) is 21.0. The molecule has 5 rings (SSSR count). The number of fused-ring (bicyclic) bond motifs is 3. The second-order valence-corrected chi connectivity index (χ2v) is 12.7. The van der Waals surface area contributed by atoms with Gasteiger partial charge in [0.25, 0.3) is 11.8 Å². The van der Waals surface area contributed by atoms with Gasteiger partial charge in [-0.1, -0.05) is 12.1 Å². The molecular formula is C34H43N7O3. The largest absolute Gasteiger partial charge is 0.371 e. The van der Waals surface area contributed by atoms with Gasteiger partial charge in [0.15, 0.2) is 0 Å². The van der Waals surface area contributed by atoms with Crippen molar-refractivity contribution in [2.24, 2.45) is 5.92 Å². The van der Waals surface area contributed by atoms with Crippen molar-refractivity contribution in [1.82, 2.24) is 26.2 Å². The van der Waals surface area contributed by atoms with Gasteiger partial charge in [-0.05, 0) is 105 Å². The highest BCUT2D eigenvalue weighted by Gasteiger charge is 2.54. The normalized spacial score (nSPS) is 21.6. The number of nitriles is 1. The molecular weight excluding hydrogens is 554 g/mol. The average Bonchev–Trinajstić information content (AvgIpc) is 3.71. The predicted octanol–water partition coefficient (Wildman–Crippen LogP) is 2.65. The van der Waals surface area contributed by atoms with E-state index in [9.17, 15) is 25.1 Å². The van der Waals surface area contributed by atoms with Crippen LogP contribution in [0.3, 0.4) is 0 Å². The highest BCUT2D eigenvalue weighted by molar-refractivity contribution is 5.99. The summed E-state index contributed by atoms with van der Waals surface area (Å²) in [6.45, 7) is 6.12. The number of rotatable bonds is 9. The summed E-state index contributed by atoms with van der Waals surface area (Å²) in [5.74, 6) is 0.348. The first kappa shape index (κ1) is 31.2. The lowest BCUT2D eigenvalue weighted by Crippen LogP contribution is -2.52. The molecule has 0 spiro atoms. The molecule has 0 bridgehead atoms. The van der Waals surface area contributed by atoms with Gasteiger partial charge in [0.2, 0.25) is 5.91 Å². The fourth-order valence-corrected chi connectivity index (χ4v) is 7.24. The van der Waals surface area contributed by atoms with Crippen LogP contribution in [0.15, 0.2) is 36.4 Å². The molecule has 10 nitrogen and oxygen atoms in total. The molecule has 1 saturated carbocycles.